The molecule has 0 spiro atoms. The van der Waals surface area contributed by atoms with Gasteiger partial charge < -0.3 is 5.11 Å². The van der Waals surface area contributed by atoms with E-state index in [1.165, 1.54) is 10.8 Å². The van der Waals surface area contributed by atoms with Crippen LogP contribution in [0.1, 0.15) is 12.8 Å². The Morgan fingerprint density at radius 3 is 2.44 bits per heavy atom. The highest BCUT2D eigenvalue weighted by atomic mass is 28.3. The second-order valence-electron chi connectivity index (χ2n) is 5.00. The first-order chi connectivity index (χ1) is 7.56. The van der Waals surface area contributed by atoms with E-state index in [0.717, 1.165) is 18.9 Å². The van der Waals surface area contributed by atoms with Crippen LogP contribution in [0.5, 0.6) is 0 Å². The van der Waals surface area contributed by atoms with Gasteiger partial charge in [-0.1, -0.05) is 54.2 Å². The van der Waals surface area contributed by atoms with Crippen LogP contribution in [0.25, 0.3) is 0 Å². The minimum absolute atomic E-state index is 0.270. The van der Waals surface area contributed by atoms with Crippen molar-refractivity contribution in [3.63, 3.8) is 0 Å². The van der Waals surface area contributed by atoms with Crippen LogP contribution in [-0.2, 0) is 0 Å². The number of aliphatic hydroxyl groups excluding tert-OH is 1. The lowest BCUT2D eigenvalue weighted by Crippen LogP contribution is -2.41. The molecule has 0 saturated carbocycles. The first-order valence-corrected chi connectivity index (χ1v) is 9.10. The summed E-state index contributed by atoms with van der Waals surface area (Å²) in [5.74, 6) is 0. The van der Waals surface area contributed by atoms with Crippen molar-refractivity contribution in [1.82, 2.24) is 0 Å². The summed E-state index contributed by atoms with van der Waals surface area (Å²) in [6, 6.07) is 11.9. The number of allylic oxidation sites excluding steroid dienone is 1. The third kappa shape index (κ3) is 3.95. The van der Waals surface area contributed by atoms with E-state index in [4.69, 9.17) is 5.11 Å². The van der Waals surface area contributed by atoms with Gasteiger partial charge in [-0.15, -0.1) is 6.58 Å². The predicted octanol–water partition coefficient (Wildman–Crippen LogP) is 2.93. The minimum atomic E-state index is -1.37. The molecule has 1 N–H and O–H groups in total. The van der Waals surface area contributed by atoms with Gasteiger partial charge in [-0.2, -0.15) is 0 Å². The Balaban J connectivity index is 2.61. The first-order valence-electron chi connectivity index (χ1n) is 5.89. The lowest BCUT2D eigenvalue weighted by molar-refractivity contribution is 0.288. The van der Waals surface area contributed by atoms with E-state index in [9.17, 15) is 0 Å². The van der Waals surface area contributed by atoms with Crippen LogP contribution in [0.2, 0.25) is 19.1 Å². The molecule has 0 aliphatic rings. The Hall–Kier alpha value is -0.863. The molecule has 1 aromatic carbocycles. The molecule has 0 heterocycles. The fraction of sp³-hybridized carbons (Fsp3) is 0.429. The van der Waals surface area contributed by atoms with E-state index in [1.807, 2.05) is 0 Å². The van der Waals surface area contributed by atoms with E-state index in [-0.39, 0.29) is 6.61 Å². The summed E-state index contributed by atoms with van der Waals surface area (Å²) in [4.78, 5) is 0. The number of hydrogen-bond donors (Lipinski definition) is 1. The number of rotatable bonds is 6. The van der Waals surface area contributed by atoms with Crippen LogP contribution in [0.3, 0.4) is 0 Å². The fourth-order valence-corrected chi connectivity index (χ4v) is 4.76. The first kappa shape index (κ1) is 13.2. The third-order valence-corrected chi connectivity index (χ3v) is 6.22. The standard InChI is InChI=1S/C14H22OSi/c1-13(8-7-11-15)12-16(2,3)14-9-5-4-6-10-14/h4-6,9-10,15H,1,7-8,11-12H2,2-3H3. The Morgan fingerprint density at radius 1 is 1.25 bits per heavy atom. The maximum atomic E-state index is 8.80. The highest BCUT2D eigenvalue weighted by Gasteiger charge is 2.23. The number of hydrogen-bond acceptors (Lipinski definition) is 1. The second-order valence-corrected chi connectivity index (χ2v) is 9.70. The molecule has 16 heavy (non-hydrogen) atoms. The second kappa shape index (κ2) is 6.02. The molecule has 0 radical (unpaired) electrons. The molecule has 0 unspecified atom stereocenters. The quantitative estimate of drug-likeness (QED) is 0.593. The van der Waals surface area contributed by atoms with Crippen molar-refractivity contribution in [3.05, 3.63) is 42.5 Å². The maximum Gasteiger partial charge on any atom is 0.0845 e. The van der Waals surface area contributed by atoms with Crippen LogP contribution < -0.4 is 5.19 Å². The molecule has 0 saturated heterocycles. The monoisotopic (exact) mass is 234 g/mol. The van der Waals surface area contributed by atoms with Crippen molar-refractivity contribution >= 4 is 13.3 Å². The molecule has 1 nitrogen and oxygen atoms in total. The van der Waals surface area contributed by atoms with Gasteiger partial charge in [-0.05, 0) is 18.9 Å². The van der Waals surface area contributed by atoms with Gasteiger partial charge in [-0.3, -0.25) is 0 Å². The normalized spacial score (nSPS) is 11.4. The molecular formula is C14H22OSi. The van der Waals surface area contributed by atoms with Crippen molar-refractivity contribution in [3.8, 4) is 0 Å². The summed E-state index contributed by atoms with van der Waals surface area (Å²) in [5.41, 5.74) is 1.29. The molecule has 1 rings (SSSR count). The van der Waals surface area contributed by atoms with Gasteiger partial charge in [0.05, 0.1) is 8.07 Å². The van der Waals surface area contributed by atoms with Crippen molar-refractivity contribution in [2.45, 2.75) is 32.0 Å². The highest BCUT2D eigenvalue weighted by Crippen LogP contribution is 2.18. The summed E-state index contributed by atoms with van der Waals surface area (Å²) in [6.45, 7) is 9.16. The largest absolute Gasteiger partial charge is 0.396 e. The molecule has 2 heteroatoms. The van der Waals surface area contributed by atoms with Gasteiger partial charge in [-0.25, -0.2) is 0 Å². The smallest absolute Gasteiger partial charge is 0.0845 e. The molecule has 0 fully saturated rings. The van der Waals surface area contributed by atoms with E-state index in [0.29, 0.717) is 0 Å². The summed E-state index contributed by atoms with van der Waals surface area (Å²) < 4.78 is 0. The van der Waals surface area contributed by atoms with Crippen LogP contribution in [0, 0.1) is 0 Å². The molecule has 0 bridgehead atoms. The molecule has 1 aromatic rings. The van der Waals surface area contributed by atoms with Crippen molar-refractivity contribution in [2.24, 2.45) is 0 Å². The van der Waals surface area contributed by atoms with Crippen molar-refractivity contribution in [2.75, 3.05) is 6.61 Å². The number of benzene rings is 1. The van der Waals surface area contributed by atoms with Crippen molar-refractivity contribution in [1.29, 1.82) is 0 Å². The fourth-order valence-electron chi connectivity index (χ4n) is 2.03. The predicted molar refractivity (Wildman–Crippen MR) is 73.8 cm³/mol. The highest BCUT2D eigenvalue weighted by molar-refractivity contribution is 6.90. The zero-order valence-electron chi connectivity index (χ0n) is 10.4. The molecule has 0 aromatic heterocycles. The van der Waals surface area contributed by atoms with E-state index >= 15 is 0 Å². The van der Waals surface area contributed by atoms with Gasteiger partial charge >= 0.3 is 0 Å². The van der Waals surface area contributed by atoms with Gasteiger partial charge in [0, 0.05) is 6.61 Å². The van der Waals surface area contributed by atoms with Crippen LogP contribution in [-0.4, -0.2) is 19.8 Å². The molecule has 0 aliphatic carbocycles. The van der Waals surface area contributed by atoms with E-state index in [1.54, 1.807) is 0 Å². The van der Waals surface area contributed by atoms with Gasteiger partial charge in [0.15, 0.2) is 0 Å². The molecule has 0 aliphatic heterocycles. The topological polar surface area (TPSA) is 20.2 Å². The summed E-state index contributed by atoms with van der Waals surface area (Å²) in [6.07, 6.45) is 1.80. The minimum Gasteiger partial charge on any atom is -0.396 e. The van der Waals surface area contributed by atoms with Crippen LogP contribution in [0.4, 0.5) is 0 Å². The molecule has 0 atom stereocenters. The van der Waals surface area contributed by atoms with Gasteiger partial charge in [0.1, 0.15) is 0 Å². The lowest BCUT2D eigenvalue weighted by Gasteiger charge is -2.24. The average molecular weight is 234 g/mol. The Labute approximate surface area is 99.8 Å². The summed E-state index contributed by atoms with van der Waals surface area (Å²) in [7, 11) is -1.37. The zero-order valence-corrected chi connectivity index (χ0v) is 11.4. The Kier molecular flexibility index (Phi) is 4.96. The molecule has 0 amide bonds. The zero-order chi connectivity index (χ0) is 12.0. The third-order valence-electron chi connectivity index (χ3n) is 2.94. The Morgan fingerprint density at radius 2 is 1.88 bits per heavy atom. The summed E-state index contributed by atoms with van der Waals surface area (Å²) >= 11 is 0. The van der Waals surface area contributed by atoms with Gasteiger partial charge in [0.2, 0.25) is 0 Å². The molecule has 88 valence electrons. The number of aliphatic hydroxyl groups is 1. The maximum absolute atomic E-state index is 8.80. The average Bonchev–Trinajstić information content (AvgIpc) is 2.27. The van der Waals surface area contributed by atoms with Crippen LogP contribution >= 0.6 is 0 Å². The van der Waals surface area contributed by atoms with Crippen LogP contribution in [0.15, 0.2) is 42.5 Å². The molecular weight excluding hydrogens is 212 g/mol. The lowest BCUT2D eigenvalue weighted by atomic mass is 10.2. The van der Waals surface area contributed by atoms with E-state index in [2.05, 4.69) is 50.0 Å². The van der Waals surface area contributed by atoms with E-state index < -0.39 is 8.07 Å². The SMILES string of the molecule is C=C(CCCO)C[Si](C)(C)c1ccccc1. The summed E-state index contributed by atoms with van der Waals surface area (Å²) in [5, 5.41) is 10.3. The Bertz CT molecular complexity index is 330. The van der Waals surface area contributed by atoms with Gasteiger partial charge in [0.25, 0.3) is 0 Å². The van der Waals surface area contributed by atoms with Crippen molar-refractivity contribution < 1.29 is 5.11 Å².